The fourth-order valence-electron chi connectivity index (χ4n) is 2.49. The molecule has 21 heavy (non-hydrogen) atoms. The van der Waals surface area contributed by atoms with Crippen molar-refractivity contribution in [3.05, 3.63) is 55.6 Å². The molecule has 1 aliphatic heterocycles. The predicted octanol–water partition coefficient (Wildman–Crippen LogP) is 4.20. The first kappa shape index (κ1) is 14.3. The third-order valence-electron chi connectivity index (χ3n) is 3.37. The fraction of sp³-hybridized carbons (Fsp3) is 0.250. The number of thiophene rings is 1. The number of hydrogen-bond acceptors (Lipinski definition) is 4. The molecule has 2 aliphatic rings. The first-order valence-electron chi connectivity index (χ1n) is 6.47. The van der Waals surface area contributed by atoms with E-state index in [9.17, 15) is 4.79 Å². The molecule has 0 aromatic carbocycles. The number of halogens is 1. The lowest BCUT2D eigenvalue weighted by atomic mass is 9.90. The average molecular weight is 319 g/mol. The summed E-state index contributed by atoms with van der Waals surface area (Å²) in [6, 6.07) is 1.87. The highest BCUT2D eigenvalue weighted by atomic mass is 35.5. The van der Waals surface area contributed by atoms with Crippen LogP contribution in [0.25, 0.3) is 0 Å². The van der Waals surface area contributed by atoms with E-state index in [1.807, 2.05) is 25.3 Å². The lowest BCUT2D eigenvalue weighted by Gasteiger charge is -2.20. The highest BCUT2D eigenvalue weighted by Crippen LogP contribution is 2.37. The minimum Gasteiger partial charge on any atom is -0.495 e. The number of nitrogens with zero attached hydrogens (tertiary/aromatic N) is 1. The molecule has 0 amide bonds. The van der Waals surface area contributed by atoms with Gasteiger partial charge in [-0.05, 0) is 19.9 Å². The van der Waals surface area contributed by atoms with Crippen LogP contribution >= 0.6 is 22.9 Å². The molecule has 0 fully saturated rings. The van der Waals surface area contributed by atoms with Crippen molar-refractivity contribution >= 4 is 34.4 Å². The zero-order chi connectivity index (χ0) is 15.1. The third-order valence-corrected chi connectivity index (χ3v) is 4.53. The smallest absolute Gasteiger partial charge is 0.198 e. The van der Waals surface area contributed by atoms with E-state index in [1.54, 1.807) is 11.3 Å². The van der Waals surface area contributed by atoms with Gasteiger partial charge in [0.2, 0.25) is 0 Å². The molecule has 0 N–H and O–H groups in total. The van der Waals surface area contributed by atoms with Crippen molar-refractivity contribution in [1.82, 2.24) is 0 Å². The summed E-state index contributed by atoms with van der Waals surface area (Å²) in [6.07, 6.45) is 3.63. The molecule has 1 radical (unpaired) electrons. The van der Waals surface area contributed by atoms with Gasteiger partial charge in [0.1, 0.15) is 5.76 Å². The van der Waals surface area contributed by atoms with Gasteiger partial charge in [0.15, 0.2) is 5.78 Å². The quantitative estimate of drug-likeness (QED) is 0.783. The zero-order valence-electron chi connectivity index (χ0n) is 11.9. The predicted molar refractivity (Wildman–Crippen MR) is 84.8 cm³/mol. The summed E-state index contributed by atoms with van der Waals surface area (Å²) in [4.78, 5) is 18.3. The second-order valence-corrected chi connectivity index (χ2v) is 6.48. The van der Waals surface area contributed by atoms with Crippen molar-refractivity contribution in [3.63, 3.8) is 0 Å². The Hall–Kier alpha value is -1.65. The van der Waals surface area contributed by atoms with E-state index < -0.39 is 0 Å². The number of carbonyl (C=O) groups is 1. The monoisotopic (exact) mass is 318 g/mol. The number of fused-ring (bicyclic) bond motifs is 1. The second-order valence-electron chi connectivity index (χ2n) is 4.91. The summed E-state index contributed by atoms with van der Waals surface area (Å²) in [7, 11) is 1.53. The Labute approximate surface area is 132 Å². The van der Waals surface area contributed by atoms with E-state index in [1.165, 1.54) is 7.11 Å². The van der Waals surface area contributed by atoms with Gasteiger partial charge in [0, 0.05) is 39.6 Å². The van der Waals surface area contributed by atoms with Crippen molar-refractivity contribution in [2.24, 2.45) is 4.99 Å². The third kappa shape index (κ3) is 2.39. The molecule has 0 spiro atoms. The summed E-state index contributed by atoms with van der Waals surface area (Å²) in [5.74, 6) is 0.334. The van der Waals surface area contributed by atoms with Gasteiger partial charge < -0.3 is 4.74 Å². The van der Waals surface area contributed by atoms with E-state index >= 15 is 0 Å². The SMILES string of the molecule is COC1=C(Cl)CC2=NC(C)=[C]C2=C1C(=O)c1csc(C)c1. The summed E-state index contributed by atoms with van der Waals surface area (Å²) >= 11 is 7.82. The van der Waals surface area contributed by atoms with E-state index in [0.717, 1.165) is 16.3 Å². The highest BCUT2D eigenvalue weighted by molar-refractivity contribution is 7.10. The maximum atomic E-state index is 12.8. The molecule has 1 aliphatic carbocycles. The van der Waals surface area contributed by atoms with Crippen molar-refractivity contribution in [3.8, 4) is 0 Å². The molecule has 3 rings (SSSR count). The topological polar surface area (TPSA) is 38.7 Å². The van der Waals surface area contributed by atoms with Gasteiger partial charge in [-0.2, -0.15) is 0 Å². The van der Waals surface area contributed by atoms with Gasteiger partial charge in [-0.25, -0.2) is 0 Å². The van der Waals surface area contributed by atoms with Crippen LogP contribution in [0.5, 0.6) is 0 Å². The van der Waals surface area contributed by atoms with Crippen LogP contribution in [0.1, 0.15) is 28.6 Å². The molecule has 0 saturated carbocycles. The number of Topliss-reactive ketones (excluding diaryl/α,β-unsaturated/α-hetero) is 1. The number of ether oxygens (including phenoxy) is 1. The Morgan fingerprint density at radius 3 is 2.86 bits per heavy atom. The molecule has 1 aromatic rings. The molecule has 2 heterocycles. The first-order chi connectivity index (χ1) is 10.0. The van der Waals surface area contributed by atoms with E-state index in [-0.39, 0.29) is 5.78 Å². The van der Waals surface area contributed by atoms with Crippen molar-refractivity contribution < 1.29 is 9.53 Å². The molecule has 107 valence electrons. The number of carbonyl (C=O) groups excluding carboxylic acids is 1. The Morgan fingerprint density at radius 1 is 1.48 bits per heavy atom. The van der Waals surface area contributed by atoms with Crippen LogP contribution in [0.3, 0.4) is 0 Å². The lowest BCUT2D eigenvalue weighted by Crippen LogP contribution is -2.18. The van der Waals surface area contributed by atoms with Gasteiger partial charge >= 0.3 is 0 Å². The van der Waals surface area contributed by atoms with Gasteiger partial charge in [-0.1, -0.05) is 11.6 Å². The minimum absolute atomic E-state index is 0.0982. The van der Waals surface area contributed by atoms with Gasteiger partial charge in [0.05, 0.1) is 23.4 Å². The molecular formula is C16H13ClNO2S. The number of aryl methyl sites for hydroxylation is 1. The van der Waals surface area contributed by atoms with Crippen LogP contribution in [0.15, 0.2) is 44.1 Å². The molecule has 0 saturated heterocycles. The maximum Gasteiger partial charge on any atom is 0.198 e. The average Bonchev–Trinajstić information content (AvgIpc) is 3.01. The number of rotatable bonds is 3. The minimum atomic E-state index is -0.0982. The highest BCUT2D eigenvalue weighted by Gasteiger charge is 2.33. The van der Waals surface area contributed by atoms with Crippen LogP contribution in [0.4, 0.5) is 0 Å². The number of allylic oxidation sites excluding steroid dienone is 5. The number of aliphatic imine (C=N–C) groups is 1. The second kappa shape index (κ2) is 5.28. The van der Waals surface area contributed by atoms with Gasteiger partial charge in [-0.15, -0.1) is 11.3 Å². The van der Waals surface area contributed by atoms with Gasteiger partial charge in [0.25, 0.3) is 0 Å². The summed E-state index contributed by atoms with van der Waals surface area (Å²) in [5.41, 5.74) is 3.36. The van der Waals surface area contributed by atoms with E-state index in [0.29, 0.717) is 33.9 Å². The van der Waals surface area contributed by atoms with E-state index in [2.05, 4.69) is 11.1 Å². The lowest BCUT2D eigenvalue weighted by molar-refractivity contribution is 0.102. The number of hydrogen-bond donors (Lipinski definition) is 0. The Morgan fingerprint density at radius 2 is 2.24 bits per heavy atom. The molecule has 5 heteroatoms. The maximum absolute atomic E-state index is 12.8. The van der Waals surface area contributed by atoms with E-state index in [4.69, 9.17) is 16.3 Å². The Balaban J connectivity index is 2.17. The summed E-state index contributed by atoms with van der Waals surface area (Å²) < 4.78 is 5.38. The van der Waals surface area contributed by atoms with Crippen LogP contribution in [-0.2, 0) is 4.74 Å². The first-order valence-corrected chi connectivity index (χ1v) is 7.72. The molecule has 0 bridgehead atoms. The standard InChI is InChI=1S/C16H13ClNO2S/c1-8-4-11-13(18-8)6-12(17)16(20-3)14(11)15(19)10-5-9(2)21-7-10/h5,7H,6H2,1-3H3. The van der Waals surface area contributed by atoms with Crippen molar-refractivity contribution in [1.29, 1.82) is 0 Å². The molecule has 1 aromatic heterocycles. The molecule has 3 nitrogen and oxygen atoms in total. The molecule has 0 unspecified atom stereocenters. The van der Waals surface area contributed by atoms with Crippen LogP contribution < -0.4 is 0 Å². The van der Waals surface area contributed by atoms with Crippen LogP contribution in [0, 0.1) is 13.0 Å². The summed E-state index contributed by atoms with van der Waals surface area (Å²) in [6.45, 7) is 3.83. The van der Waals surface area contributed by atoms with Crippen LogP contribution in [-0.4, -0.2) is 18.6 Å². The van der Waals surface area contributed by atoms with Crippen LogP contribution in [0.2, 0.25) is 0 Å². The largest absolute Gasteiger partial charge is 0.495 e. The van der Waals surface area contributed by atoms with Crippen molar-refractivity contribution in [2.45, 2.75) is 20.3 Å². The van der Waals surface area contributed by atoms with Gasteiger partial charge in [-0.3, -0.25) is 9.79 Å². The number of methoxy groups -OCH3 is 1. The normalized spacial score (nSPS) is 17.7. The molecular weight excluding hydrogens is 306 g/mol. The zero-order valence-corrected chi connectivity index (χ0v) is 13.5. The Kier molecular flexibility index (Phi) is 3.59. The number of ketones is 1. The fourth-order valence-corrected chi connectivity index (χ4v) is 3.47. The molecule has 0 atom stereocenters. The Bertz CT molecular complexity index is 765. The summed E-state index contributed by atoms with van der Waals surface area (Å²) in [5, 5.41) is 2.36. The van der Waals surface area contributed by atoms with Crippen molar-refractivity contribution in [2.75, 3.05) is 7.11 Å².